The molecule has 0 unspecified atom stereocenters. The predicted molar refractivity (Wildman–Crippen MR) is 85.9 cm³/mol. The zero-order chi connectivity index (χ0) is 14.8. The van der Waals surface area contributed by atoms with Crippen molar-refractivity contribution in [1.29, 1.82) is 0 Å². The summed E-state index contributed by atoms with van der Waals surface area (Å²) < 4.78 is 0. The minimum atomic E-state index is -0.128. The van der Waals surface area contributed by atoms with E-state index in [4.69, 9.17) is 5.73 Å². The third-order valence-corrected chi connectivity index (χ3v) is 3.27. The zero-order valence-electron chi connectivity index (χ0n) is 11.6. The Labute approximate surface area is 122 Å². The predicted octanol–water partition coefficient (Wildman–Crippen LogP) is 3.44. The molecule has 0 saturated carbocycles. The van der Waals surface area contributed by atoms with Gasteiger partial charge in [0.25, 0.3) is 0 Å². The standard InChI is InChI=1S/C17H15N3O/c1-11(21)20-16-10-19-15-8-7-13(18)9-14(15)17(16)12-5-3-2-4-6-12/h2-10H,18H2,1H3,(H,20,21). The Morgan fingerprint density at radius 1 is 1.14 bits per heavy atom. The molecule has 0 fully saturated rings. The van der Waals surface area contributed by atoms with Crippen LogP contribution in [0.2, 0.25) is 0 Å². The van der Waals surface area contributed by atoms with Crippen LogP contribution in [0.15, 0.2) is 54.7 Å². The van der Waals surface area contributed by atoms with Gasteiger partial charge >= 0.3 is 0 Å². The SMILES string of the molecule is CC(=O)Nc1cnc2ccc(N)cc2c1-c1ccccc1. The normalized spacial score (nSPS) is 10.5. The third-order valence-electron chi connectivity index (χ3n) is 3.27. The minimum Gasteiger partial charge on any atom is -0.399 e. The first-order chi connectivity index (χ1) is 10.1. The number of rotatable bonds is 2. The summed E-state index contributed by atoms with van der Waals surface area (Å²) in [7, 11) is 0. The number of fused-ring (bicyclic) bond motifs is 1. The molecule has 1 amide bonds. The highest BCUT2D eigenvalue weighted by Crippen LogP contribution is 2.35. The van der Waals surface area contributed by atoms with Gasteiger partial charge in [0.05, 0.1) is 17.4 Å². The molecule has 0 spiro atoms. The molecule has 3 N–H and O–H groups in total. The number of aromatic nitrogens is 1. The van der Waals surface area contributed by atoms with Gasteiger partial charge in [-0.3, -0.25) is 9.78 Å². The smallest absolute Gasteiger partial charge is 0.221 e. The van der Waals surface area contributed by atoms with Gasteiger partial charge in [0.15, 0.2) is 0 Å². The monoisotopic (exact) mass is 277 g/mol. The second kappa shape index (κ2) is 5.25. The van der Waals surface area contributed by atoms with Crippen molar-refractivity contribution in [3.05, 3.63) is 54.7 Å². The fourth-order valence-corrected chi connectivity index (χ4v) is 2.41. The lowest BCUT2D eigenvalue weighted by atomic mass is 9.99. The Kier molecular flexibility index (Phi) is 3.28. The van der Waals surface area contributed by atoms with Crippen molar-refractivity contribution in [1.82, 2.24) is 4.98 Å². The number of nitrogens with zero attached hydrogens (tertiary/aromatic N) is 1. The largest absolute Gasteiger partial charge is 0.399 e. The van der Waals surface area contributed by atoms with Crippen molar-refractivity contribution in [2.24, 2.45) is 0 Å². The first kappa shape index (κ1) is 13.1. The van der Waals surface area contributed by atoms with E-state index in [9.17, 15) is 4.79 Å². The maximum absolute atomic E-state index is 11.4. The van der Waals surface area contributed by atoms with E-state index in [0.29, 0.717) is 11.4 Å². The lowest BCUT2D eigenvalue weighted by Crippen LogP contribution is -2.07. The molecule has 0 aliphatic rings. The van der Waals surface area contributed by atoms with E-state index in [1.54, 1.807) is 6.20 Å². The van der Waals surface area contributed by atoms with Crippen LogP contribution in [0.3, 0.4) is 0 Å². The van der Waals surface area contributed by atoms with Crippen molar-refractivity contribution in [3.63, 3.8) is 0 Å². The van der Waals surface area contributed by atoms with Crippen LogP contribution in [-0.2, 0) is 4.79 Å². The number of benzene rings is 2. The fourth-order valence-electron chi connectivity index (χ4n) is 2.41. The number of anilines is 2. The summed E-state index contributed by atoms with van der Waals surface area (Å²) in [4.78, 5) is 15.8. The number of pyridine rings is 1. The van der Waals surface area contributed by atoms with Crippen LogP contribution in [0.25, 0.3) is 22.0 Å². The molecule has 0 aliphatic carbocycles. The molecule has 21 heavy (non-hydrogen) atoms. The molecular formula is C17H15N3O. The Hall–Kier alpha value is -2.88. The van der Waals surface area contributed by atoms with E-state index in [-0.39, 0.29) is 5.91 Å². The summed E-state index contributed by atoms with van der Waals surface area (Å²) in [5.41, 5.74) is 10.1. The molecule has 4 nitrogen and oxygen atoms in total. The fraction of sp³-hybridized carbons (Fsp3) is 0.0588. The Morgan fingerprint density at radius 3 is 2.62 bits per heavy atom. The van der Waals surface area contributed by atoms with E-state index >= 15 is 0 Å². The van der Waals surface area contributed by atoms with Crippen LogP contribution in [0.1, 0.15) is 6.92 Å². The van der Waals surface area contributed by atoms with Crippen LogP contribution in [0.5, 0.6) is 0 Å². The van der Waals surface area contributed by atoms with Gasteiger partial charge in [-0.05, 0) is 23.8 Å². The molecule has 0 bridgehead atoms. The van der Waals surface area contributed by atoms with Gasteiger partial charge < -0.3 is 11.1 Å². The highest BCUT2D eigenvalue weighted by Gasteiger charge is 2.12. The second-order valence-electron chi connectivity index (χ2n) is 4.87. The van der Waals surface area contributed by atoms with Gasteiger partial charge in [-0.1, -0.05) is 30.3 Å². The van der Waals surface area contributed by atoms with Gasteiger partial charge in [-0.2, -0.15) is 0 Å². The lowest BCUT2D eigenvalue weighted by Gasteiger charge is -2.13. The third kappa shape index (κ3) is 2.56. The number of amides is 1. The molecule has 3 rings (SSSR count). The van der Waals surface area contributed by atoms with Crippen molar-refractivity contribution in [2.45, 2.75) is 6.92 Å². The van der Waals surface area contributed by atoms with Gasteiger partial charge in [0.2, 0.25) is 5.91 Å². The summed E-state index contributed by atoms with van der Waals surface area (Å²) in [6.07, 6.45) is 1.68. The Balaban J connectivity index is 2.34. The van der Waals surface area contributed by atoms with Gasteiger partial charge in [0, 0.05) is 23.6 Å². The van der Waals surface area contributed by atoms with Crippen LogP contribution in [0.4, 0.5) is 11.4 Å². The van der Waals surface area contributed by atoms with Crippen LogP contribution < -0.4 is 11.1 Å². The van der Waals surface area contributed by atoms with Gasteiger partial charge in [-0.15, -0.1) is 0 Å². The van der Waals surface area contributed by atoms with Crippen molar-refractivity contribution in [3.8, 4) is 11.1 Å². The first-order valence-corrected chi connectivity index (χ1v) is 6.66. The summed E-state index contributed by atoms with van der Waals surface area (Å²) in [6, 6.07) is 15.5. The van der Waals surface area contributed by atoms with E-state index < -0.39 is 0 Å². The molecule has 104 valence electrons. The maximum Gasteiger partial charge on any atom is 0.221 e. The van der Waals surface area contributed by atoms with E-state index in [0.717, 1.165) is 22.0 Å². The number of hydrogen-bond donors (Lipinski definition) is 2. The van der Waals surface area contributed by atoms with Gasteiger partial charge in [-0.25, -0.2) is 0 Å². The molecule has 4 heteroatoms. The zero-order valence-corrected chi connectivity index (χ0v) is 11.6. The number of carbonyl (C=O) groups excluding carboxylic acids is 1. The molecule has 3 aromatic rings. The highest BCUT2D eigenvalue weighted by molar-refractivity contribution is 6.05. The molecule has 0 atom stereocenters. The first-order valence-electron chi connectivity index (χ1n) is 6.66. The van der Waals surface area contributed by atoms with E-state index in [1.807, 2.05) is 48.5 Å². The molecule has 0 saturated heterocycles. The number of nitrogens with one attached hydrogen (secondary N) is 1. The summed E-state index contributed by atoms with van der Waals surface area (Å²) in [5, 5.41) is 3.76. The number of carbonyl (C=O) groups is 1. The maximum atomic E-state index is 11.4. The van der Waals surface area contributed by atoms with Crippen LogP contribution in [0, 0.1) is 0 Å². The molecular weight excluding hydrogens is 262 g/mol. The minimum absolute atomic E-state index is 0.128. The number of nitrogen functional groups attached to an aromatic ring is 1. The Morgan fingerprint density at radius 2 is 1.90 bits per heavy atom. The van der Waals surface area contributed by atoms with E-state index in [2.05, 4.69) is 10.3 Å². The number of hydrogen-bond acceptors (Lipinski definition) is 3. The molecule has 0 radical (unpaired) electrons. The molecule has 1 aromatic heterocycles. The van der Waals surface area contributed by atoms with Crippen LogP contribution >= 0.6 is 0 Å². The van der Waals surface area contributed by atoms with Crippen molar-refractivity contribution >= 4 is 28.2 Å². The van der Waals surface area contributed by atoms with Crippen molar-refractivity contribution in [2.75, 3.05) is 11.1 Å². The number of nitrogens with two attached hydrogens (primary N) is 1. The molecule has 1 heterocycles. The van der Waals surface area contributed by atoms with Gasteiger partial charge in [0.1, 0.15) is 0 Å². The van der Waals surface area contributed by atoms with E-state index in [1.165, 1.54) is 6.92 Å². The molecule has 0 aliphatic heterocycles. The quantitative estimate of drug-likeness (QED) is 0.705. The average Bonchev–Trinajstić information content (AvgIpc) is 2.47. The Bertz CT molecular complexity index is 813. The topological polar surface area (TPSA) is 68.0 Å². The van der Waals surface area contributed by atoms with Crippen LogP contribution in [-0.4, -0.2) is 10.9 Å². The second-order valence-corrected chi connectivity index (χ2v) is 4.87. The van der Waals surface area contributed by atoms with Crippen molar-refractivity contribution < 1.29 is 4.79 Å². The highest BCUT2D eigenvalue weighted by atomic mass is 16.1. The average molecular weight is 277 g/mol. The summed E-state index contributed by atoms with van der Waals surface area (Å²) in [5.74, 6) is -0.128. The molecule has 2 aromatic carbocycles. The summed E-state index contributed by atoms with van der Waals surface area (Å²) >= 11 is 0. The lowest BCUT2D eigenvalue weighted by molar-refractivity contribution is -0.114. The summed E-state index contributed by atoms with van der Waals surface area (Å²) in [6.45, 7) is 1.48.